The van der Waals surface area contributed by atoms with Crippen molar-refractivity contribution in [3.8, 4) is 0 Å². The van der Waals surface area contributed by atoms with Crippen LogP contribution in [-0.2, 0) is 38.9 Å². The third-order valence-corrected chi connectivity index (χ3v) is 8.28. The van der Waals surface area contributed by atoms with Crippen molar-refractivity contribution >= 4 is 0 Å². The lowest BCUT2D eigenvalue weighted by Crippen LogP contribution is -2.33. The highest BCUT2D eigenvalue weighted by atomic mass is 14.4. The lowest BCUT2D eigenvalue weighted by atomic mass is 9.62. The van der Waals surface area contributed by atoms with E-state index in [9.17, 15) is 0 Å². The molecule has 0 bridgehead atoms. The van der Waals surface area contributed by atoms with Crippen LogP contribution in [0.4, 0.5) is 0 Å². The molecule has 0 amide bonds. The summed E-state index contributed by atoms with van der Waals surface area (Å²) < 4.78 is 0. The molecule has 220 valence electrons. The van der Waals surface area contributed by atoms with E-state index in [-0.39, 0.29) is 32.5 Å². The summed E-state index contributed by atoms with van der Waals surface area (Å²) in [6, 6.07) is 9.92. The maximum atomic E-state index is 2.61. The van der Waals surface area contributed by atoms with E-state index in [0.717, 1.165) is 6.42 Å². The average Bonchev–Trinajstić information content (AvgIpc) is 2.67. The summed E-state index contributed by atoms with van der Waals surface area (Å²) in [5.74, 6) is 0.403. The Morgan fingerprint density at radius 2 is 0.897 bits per heavy atom. The van der Waals surface area contributed by atoms with Crippen molar-refractivity contribution in [3.05, 3.63) is 68.8 Å². The smallest absolute Gasteiger partial charge is 0.0126 e. The number of hydrogen-bond donors (Lipinski definition) is 0. The van der Waals surface area contributed by atoms with Crippen molar-refractivity contribution < 1.29 is 0 Å². The fraction of sp³-hybridized carbons (Fsp3) is 0.692. The van der Waals surface area contributed by atoms with Gasteiger partial charge in [-0.15, -0.1) is 0 Å². The Morgan fingerprint density at radius 1 is 0.462 bits per heavy atom. The third-order valence-electron chi connectivity index (χ3n) is 8.28. The Labute approximate surface area is 244 Å². The van der Waals surface area contributed by atoms with Crippen LogP contribution < -0.4 is 0 Å². The molecule has 1 unspecified atom stereocenters. The molecule has 0 spiro atoms. The van der Waals surface area contributed by atoms with E-state index in [0.29, 0.717) is 5.92 Å². The van der Waals surface area contributed by atoms with Gasteiger partial charge in [0.25, 0.3) is 0 Å². The van der Waals surface area contributed by atoms with Crippen LogP contribution in [0, 0.1) is 0 Å². The van der Waals surface area contributed by atoms with Gasteiger partial charge in [-0.3, -0.25) is 0 Å². The third kappa shape index (κ3) is 7.59. The molecule has 0 saturated heterocycles. The Hall–Kier alpha value is -1.56. The molecule has 0 aliphatic carbocycles. The van der Waals surface area contributed by atoms with Gasteiger partial charge in [0.2, 0.25) is 0 Å². The Kier molecular flexibility index (Phi) is 8.94. The molecule has 2 aromatic rings. The van der Waals surface area contributed by atoms with Crippen LogP contribution >= 0.6 is 0 Å². The second kappa shape index (κ2) is 10.4. The minimum Gasteiger partial charge on any atom is -0.0582 e. The van der Waals surface area contributed by atoms with Crippen LogP contribution in [0.15, 0.2) is 24.3 Å². The first-order valence-corrected chi connectivity index (χ1v) is 15.4. The van der Waals surface area contributed by atoms with Gasteiger partial charge in [-0.2, -0.15) is 0 Å². The maximum Gasteiger partial charge on any atom is -0.0126 e. The normalized spacial score (nSPS) is 15.1. The molecule has 0 aliphatic rings. The fourth-order valence-corrected chi connectivity index (χ4v) is 6.37. The first-order chi connectivity index (χ1) is 17.1. The van der Waals surface area contributed by atoms with Gasteiger partial charge in [0.05, 0.1) is 0 Å². The monoisotopic (exact) mass is 533 g/mol. The van der Waals surface area contributed by atoms with E-state index >= 15 is 0 Å². The molecule has 0 fully saturated rings. The number of hydrogen-bond acceptors (Lipinski definition) is 0. The van der Waals surface area contributed by atoms with Gasteiger partial charge < -0.3 is 0 Å². The summed E-state index contributed by atoms with van der Waals surface area (Å²) in [6.07, 6.45) is 1.06. The summed E-state index contributed by atoms with van der Waals surface area (Å²) in [4.78, 5) is 0. The van der Waals surface area contributed by atoms with Gasteiger partial charge in [-0.1, -0.05) is 156 Å². The molecule has 0 N–H and O–H groups in total. The van der Waals surface area contributed by atoms with Crippen molar-refractivity contribution in [2.45, 2.75) is 176 Å². The lowest BCUT2D eigenvalue weighted by Gasteiger charge is -2.42. The average molecular weight is 533 g/mol. The van der Waals surface area contributed by atoms with E-state index in [1.54, 1.807) is 16.7 Å². The summed E-state index contributed by atoms with van der Waals surface area (Å²) in [5, 5.41) is 0. The molecule has 0 radical (unpaired) electrons. The van der Waals surface area contributed by atoms with E-state index < -0.39 is 0 Å². The fourth-order valence-electron chi connectivity index (χ4n) is 6.37. The molecule has 2 aromatic carbocycles. The second-order valence-electron chi connectivity index (χ2n) is 18.6. The predicted octanol–water partition coefficient (Wildman–Crippen LogP) is 11.8. The maximum absolute atomic E-state index is 2.61. The first kappa shape index (κ1) is 33.6. The van der Waals surface area contributed by atoms with Gasteiger partial charge in [0, 0.05) is 0 Å². The summed E-state index contributed by atoms with van der Waals surface area (Å²) in [7, 11) is 0. The zero-order chi connectivity index (χ0) is 30.7. The molecule has 0 heteroatoms. The minimum absolute atomic E-state index is 0.0353. The van der Waals surface area contributed by atoms with Crippen LogP contribution in [0.1, 0.15) is 182 Å². The molecule has 0 saturated carbocycles. The van der Waals surface area contributed by atoms with Crippen molar-refractivity contribution in [1.29, 1.82) is 0 Å². The van der Waals surface area contributed by atoms with E-state index in [4.69, 9.17) is 0 Å². The zero-order valence-corrected chi connectivity index (χ0v) is 29.6. The molecule has 39 heavy (non-hydrogen) atoms. The van der Waals surface area contributed by atoms with Crippen molar-refractivity contribution in [3.63, 3.8) is 0 Å². The van der Waals surface area contributed by atoms with Crippen LogP contribution in [0.3, 0.4) is 0 Å². The van der Waals surface area contributed by atoms with Crippen LogP contribution in [0.25, 0.3) is 0 Å². The Bertz CT molecular complexity index is 1160. The van der Waals surface area contributed by atoms with Crippen LogP contribution in [0.5, 0.6) is 0 Å². The lowest BCUT2D eigenvalue weighted by molar-refractivity contribution is 0.478. The highest BCUT2D eigenvalue weighted by Gasteiger charge is 2.38. The van der Waals surface area contributed by atoms with Gasteiger partial charge in [0.15, 0.2) is 0 Å². The second-order valence-corrected chi connectivity index (χ2v) is 18.6. The van der Waals surface area contributed by atoms with Crippen LogP contribution in [0.2, 0.25) is 0 Å². The van der Waals surface area contributed by atoms with Crippen LogP contribution in [-0.4, -0.2) is 0 Å². The van der Waals surface area contributed by atoms with Gasteiger partial charge in [0.1, 0.15) is 0 Å². The van der Waals surface area contributed by atoms with E-state index in [1.807, 2.05) is 0 Å². The Morgan fingerprint density at radius 3 is 1.26 bits per heavy atom. The van der Waals surface area contributed by atoms with Crippen molar-refractivity contribution in [1.82, 2.24) is 0 Å². The molecule has 2 rings (SSSR count). The topological polar surface area (TPSA) is 0 Å². The van der Waals surface area contributed by atoms with Gasteiger partial charge >= 0.3 is 0 Å². The number of rotatable bonds is 3. The predicted molar refractivity (Wildman–Crippen MR) is 177 cm³/mol. The van der Waals surface area contributed by atoms with Crippen molar-refractivity contribution in [2.75, 3.05) is 0 Å². The largest absolute Gasteiger partial charge is 0.0582 e. The zero-order valence-electron chi connectivity index (χ0n) is 29.6. The molecule has 1 atom stereocenters. The summed E-state index contributed by atoms with van der Waals surface area (Å²) >= 11 is 0. The number of benzene rings is 2. The minimum atomic E-state index is 0.0353. The highest BCUT2D eigenvalue weighted by molar-refractivity contribution is 5.57. The van der Waals surface area contributed by atoms with E-state index in [2.05, 4.69) is 156 Å². The SMILES string of the molecule is CC(Cc1cc(C(C)(C)C)ccc1C(C)(C)C)c1c(C(C)(C)C)cc(C(C)(C)C)c(C(C)(C)C)c1C(C)(C)C. The van der Waals surface area contributed by atoms with Crippen molar-refractivity contribution in [2.24, 2.45) is 0 Å². The molecule has 0 aliphatic heterocycles. The molecular formula is C39H64. The molecule has 0 heterocycles. The van der Waals surface area contributed by atoms with E-state index in [1.165, 1.54) is 27.8 Å². The molecule has 0 nitrogen and oxygen atoms in total. The molecular weight excluding hydrogens is 468 g/mol. The highest BCUT2D eigenvalue weighted by Crippen LogP contribution is 2.49. The van der Waals surface area contributed by atoms with Gasteiger partial charge in [-0.05, 0) is 89.3 Å². The summed E-state index contributed by atoms with van der Waals surface area (Å²) in [6.45, 7) is 45.6. The quantitative estimate of drug-likeness (QED) is 0.369. The Balaban J connectivity index is 3.06. The summed E-state index contributed by atoms with van der Waals surface area (Å²) in [5.41, 5.74) is 12.7. The standard InChI is InChI=1S/C39H64/c1-25(22-26-23-27(34(2,3)4)20-21-28(26)35(5,6)7)31-29(36(8,9)10)24-30(37(11,12)13)32(38(14,15)16)33(31)39(17,18)19/h20-21,23-25H,22H2,1-19H3. The van der Waals surface area contributed by atoms with Gasteiger partial charge in [-0.25, -0.2) is 0 Å². The molecule has 0 aromatic heterocycles. The first-order valence-electron chi connectivity index (χ1n) is 15.4.